The highest BCUT2D eigenvalue weighted by Gasteiger charge is 2.45. The van der Waals surface area contributed by atoms with Gasteiger partial charge in [0.05, 0.1) is 0 Å². The van der Waals surface area contributed by atoms with Gasteiger partial charge in [-0.25, -0.2) is 0 Å². The second-order valence-electron chi connectivity index (χ2n) is 6.02. The van der Waals surface area contributed by atoms with Gasteiger partial charge in [-0.3, -0.25) is 4.79 Å². The topological polar surface area (TPSA) is 32.3 Å². The maximum absolute atomic E-state index is 11.6. The summed E-state index contributed by atoms with van der Waals surface area (Å²) in [5.74, 6) is 1.97. The molecule has 0 bridgehead atoms. The predicted molar refractivity (Wildman–Crippen MR) is 78.6 cm³/mol. The van der Waals surface area contributed by atoms with E-state index in [-0.39, 0.29) is 5.91 Å². The van der Waals surface area contributed by atoms with Crippen LogP contribution in [0.1, 0.15) is 30.9 Å². The number of amides is 1. The van der Waals surface area contributed by atoms with Crippen molar-refractivity contribution < 1.29 is 4.79 Å². The number of hydrogen-bond acceptors (Lipinski definition) is 2. The predicted octanol–water partition coefficient (Wildman–Crippen LogP) is 3.11. The molecule has 2 unspecified atom stereocenters. The summed E-state index contributed by atoms with van der Waals surface area (Å²) in [5.41, 5.74) is 4.63. The van der Waals surface area contributed by atoms with E-state index in [0.717, 1.165) is 28.7 Å². The molecule has 102 valence electrons. The molecule has 2 atom stereocenters. The van der Waals surface area contributed by atoms with Crippen molar-refractivity contribution in [3.63, 3.8) is 0 Å². The van der Waals surface area contributed by atoms with E-state index in [0.29, 0.717) is 6.42 Å². The molecule has 1 saturated carbocycles. The normalized spacial score (nSPS) is 24.3. The van der Waals surface area contributed by atoms with E-state index in [1.54, 1.807) is 0 Å². The number of nitrogens with one attached hydrogen (secondary N) is 1. The molecule has 1 heterocycles. The first-order valence-corrected chi connectivity index (χ1v) is 7.24. The lowest BCUT2D eigenvalue weighted by Gasteiger charge is -2.23. The molecule has 0 spiro atoms. The molecular formula is C16H22N2O. The maximum atomic E-state index is 11.6. The Morgan fingerprint density at radius 2 is 1.84 bits per heavy atom. The van der Waals surface area contributed by atoms with Crippen molar-refractivity contribution in [1.82, 2.24) is 0 Å². The van der Waals surface area contributed by atoms with Crippen LogP contribution >= 0.6 is 0 Å². The molecule has 1 aromatic carbocycles. The highest BCUT2D eigenvalue weighted by atomic mass is 16.1. The number of rotatable bonds is 3. The van der Waals surface area contributed by atoms with Crippen LogP contribution in [0.3, 0.4) is 0 Å². The maximum Gasteiger partial charge on any atom is 0.224 e. The van der Waals surface area contributed by atoms with Gasteiger partial charge in [0.25, 0.3) is 0 Å². The van der Waals surface area contributed by atoms with Gasteiger partial charge < -0.3 is 10.2 Å². The largest absolute Gasteiger partial charge is 0.371 e. The fourth-order valence-electron chi connectivity index (χ4n) is 3.16. The summed E-state index contributed by atoms with van der Waals surface area (Å²) in [4.78, 5) is 14.0. The van der Waals surface area contributed by atoms with Crippen LogP contribution in [-0.4, -0.2) is 19.0 Å². The molecule has 3 heteroatoms. The lowest BCUT2D eigenvalue weighted by molar-refractivity contribution is -0.115. The number of carbonyl (C=O) groups is 1. The Labute approximate surface area is 115 Å². The lowest BCUT2D eigenvalue weighted by Crippen LogP contribution is -2.22. The number of fused-ring (bicyclic) bond motifs is 1. The third-order valence-corrected chi connectivity index (χ3v) is 4.45. The summed E-state index contributed by atoms with van der Waals surface area (Å²) in [6, 6.07) is 4.42. The van der Waals surface area contributed by atoms with E-state index in [9.17, 15) is 4.79 Å². The molecule has 19 heavy (non-hydrogen) atoms. The number of aryl methyl sites for hydroxylation is 2. The van der Waals surface area contributed by atoms with E-state index in [1.807, 2.05) is 6.92 Å². The molecule has 1 amide bonds. The van der Waals surface area contributed by atoms with Gasteiger partial charge >= 0.3 is 0 Å². The van der Waals surface area contributed by atoms with E-state index in [2.05, 4.69) is 36.2 Å². The molecule has 1 saturated heterocycles. The molecule has 1 aliphatic carbocycles. The first-order chi connectivity index (χ1) is 9.08. The Bertz CT molecular complexity index is 490. The van der Waals surface area contributed by atoms with Crippen LogP contribution < -0.4 is 10.2 Å². The molecule has 3 nitrogen and oxygen atoms in total. The summed E-state index contributed by atoms with van der Waals surface area (Å²) >= 11 is 0. The molecule has 1 aliphatic heterocycles. The van der Waals surface area contributed by atoms with Gasteiger partial charge in [-0.15, -0.1) is 0 Å². The van der Waals surface area contributed by atoms with Gasteiger partial charge in [-0.05, 0) is 55.4 Å². The van der Waals surface area contributed by atoms with Gasteiger partial charge in [0.1, 0.15) is 0 Å². The molecule has 3 rings (SSSR count). The fraction of sp³-hybridized carbons (Fsp3) is 0.562. The van der Waals surface area contributed by atoms with Crippen molar-refractivity contribution in [2.45, 2.75) is 33.6 Å². The summed E-state index contributed by atoms with van der Waals surface area (Å²) in [7, 11) is 0. The van der Waals surface area contributed by atoms with Gasteiger partial charge in [-0.2, -0.15) is 0 Å². The van der Waals surface area contributed by atoms with Crippen molar-refractivity contribution in [3.8, 4) is 0 Å². The summed E-state index contributed by atoms with van der Waals surface area (Å²) in [5, 5.41) is 3.01. The van der Waals surface area contributed by atoms with Crippen LogP contribution in [0, 0.1) is 25.7 Å². The molecular weight excluding hydrogens is 236 g/mol. The summed E-state index contributed by atoms with van der Waals surface area (Å²) < 4.78 is 0. The fourth-order valence-corrected chi connectivity index (χ4v) is 3.16. The monoisotopic (exact) mass is 258 g/mol. The molecule has 0 radical (unpaired) electrons. The van der Waals surface area contributed by atoms with E-state index < -0.39 is 0 Å². The summed E-state index contributed by atoms with van der Waals surface area (Å²) in [6.07, 6.45) is 1.95. The van der Waals surface area contributed by atoms with Crippen molar-refractivity contribution in [2.24, 2.45) is 11.8 Å². The minimum Gasteiger partial charge on any atom is -0.371 e. The van der Waals surface area contributed by atoms with Crippen molar-refractivity contribution in [3.05, 3.63) is 23.3 Å². The number of anilines is 2. The van der Waals surface area contributed by atoms with E-state index in [4.69, 9.17) is 0 Å². The van der Waals surface area contributed by atoms with Gasteiger partial charge in [0.2, 0.25) is 5.91 Å². The minimum absolute atomic E-state index is 0.0846. The van der Waals surface area contributed by atoms with Crippen LogP contribution in [-0.2, 0) is 4.79 Å². The molecule has 1 aromatic rings. The van der Waals surface area contributed by atoms with Gasteiger partial charge in [0, 0.05) is 30.9 Å². The zero-order chi connectivity index (χ0) is 13.6. The van der Waals surface area contributed by atoms with Crippen LogP contribution in [0.5, 0.6) is 0 Å². The smallest absolute Gasteiger partial charge is 0.224 e. The number of carbonyl (C=O) groups excluding carboxylic acids is 1. The Kier molecular flexibility index (Phi) is 3.00. The quantitative estimate of drug-likeness (QED) is 0.903. The highest BCUT2D eigenvalue weighted by Crippen LogP contribution is 2.46. The number of hydrogen-bond donors (Lipinski definition) is 1. The Hall–Kier alpha value is -1.51. The standard InChI is InChI=1S/C16H22N2O/c1-4-15(19)17-16-10(2)5-14(6-11(16)3)18-8-12-7-13(12)9-18/h5-6,12-13H,4,7-9H2,1-3H3,(H,17,19). The van der Waals surface area contributed by atoms with E-state index >= 15 is 0 Å². The average molecular weight is 258 g/mol. The van der Waals surface area contributed by atoms with Crippen molar-refractivity contribution in [2.75, 3.05) is 23.3 Å². The number of nitrogens with zero attached hydrogens (tertiary/aromatic N) is 1. The molecule has 2 aliphatic rings. The zero-order valence-corrected chi connectivity index (χ0v) is 12.0. The van der Waals surface area contributed by atoms with Crippen LogP contribution in [0.15, 0.2) is 12.1 Å². The molecule has 2 fully saturated rings. The first kappa shape index (κ1) is 12.5. The van der Waals surface area contributed by atoms with Crippen molar-refractivity contribution in [1.29, 1.82) is 0 Å². The minimum atomic E-state index is 0.0846. The lowest BCUT2D eigenvalue weighted by atomic mass is 10.1. The van der Waals surface area contributed by atoms with Gasteiger partial charge in [0.15, 0.2) is 0 Å². The summed E-state index contributed by atoms with van der Waals surface area (Å²) in [6.45, 7) is 8.47. The highest BCUT2D eigenvalue weighted by molar-refractivity contribution is 5.92. The van der Waals surface area contributed by atoms with Crippen molar-refractivity contribution >= 4 is 17.3 Å². The van der Waals surface area contributed by atoms with E-state index in [1.165, 1.54) is 25.2 Å². The van der Waals surface area contributed by atoms with Gasteiger partial charge in [-0.1, -0.05) is 6.92 Å². The Balaban J connectivity index is 1.82. The third kappa shape index (κ3) is 2.34. The third-order valence-electron chi connectivity index (χ3n) is 4.45. The average Bonchev–Trinajstić information content (AvgIpc) is 3.00. The van der Waals surface area contributed by atoms with Crippen LogP contribution in [0.25, 0.3) is 0 Å². The second kappa shape index (κ2) is 4.55. The van der Waals surface area contributed by atoms with Crippen LogP contribution in [0.4, 0.5) is 11.4 Å². The second-order valence-corrected chi connectivity index (χ2v) is 6.02. The molecule has 0 aromatic heterocycles. The number of piperidine rings is 1. The SMILES string of the molecule is CCC(=O)Nc1c(C)cc(N2CC3CC3C2)cc1C. The number of benzene rings is 1. The zero-order valence-electron chi connectivity index (χ0n) is 12.0. The first-order valence-electron chi connectivity index (χ1n) is 7.24. The molecule has 1 N–H and O–H groups in total. The Morgan fingerprint density at radius 1 is 1.26 bits per heavy atom. The van der Waals surface area contributed by atoms with Crippen LogP contribution in [0.2, 0.25) is 0 Å². The Morgan fingerprint density at radius 3 is 2.37 bits per heavy atom.